The standard InChI is InChI=1S/C22H30N4O2S/c1-17-12-18(2)14-19(13-17)26-6-5-23-22(26)29-16-21(27)25-9-7-24(8-10-25)15-20-4-3-11-28-20/h5-6,12-14,20H,3-4,7-11,15-16H2,1-2H3. The molecular weight excluding hydrogens is 384 g/mol. The summed E-state index contributed by atoms with van der Waals surface area (Å²) in [5, 5.41) is 0.861. The predicted octanol–water partition coefficient (Wildman–Crippen LogP) is 2.90. The zero-order valence-corrected chi connectivity index (χ0v) is 18.2. The van der Waals surface area contributed by atoms with E-state index in [-0.39, 0.29) is 5.91 Å². The number of nitrogens with zero attached hydrogens (tertiary/aromatic N) is 4. The van der Waals surface area contributed by atoms with Crippen molar-refractivity contribution in [2.45, 2.75) is 37.9 Å². The van der Waals surface area contributed by atoms with Crippen molar-refractivity contribution in [3.8, 4) is 5.69 Å². The summed E-state index contributed by atoms with van der Waals surface area (Å²) in [7, 11) is 0. The third-order valence-electron chi connectivity index (χ3n) is 5.63. The predicted molar refractivity (Wildman–Crippen MR) is 116 cm³/mol. The maximum absolute atomic E-state index is 12.7. The van der Waals surface area contributed by atoms with Crippen molar-refractivity contribution in [2.75, 3.05) is 45.1 Å². The van der Waals surface area contributed by atoms with Crippen molar-refractivity contribution >= 4 is 17.7 Å². The molecule has 0 bridgehead atoms. The second-order valence-corrected chi connectivity index (χ2v) is 8.97. The molecule has 1 atom stereocenters. The highest BCUT2D eigenvalue weighted by Crippen LogP contribution is 2.23. The number of aryl methyl sites for hydroxylation is 2. The number of imidazole rings is 1. The minimum absolute atomic E-state index is 0.196. The summed E-state index contributed by atoms with van der Waals surface area (Å²) in [6.45, 7) is 9.59. The maximum atomic E-state index is 12.7. The van der Waals surface area contributed by atoms with E-state index >= 15 is 0 Å². The third kappa shape index (κ3) is 5.21. The number of rotatable bonds is 6. The van der Waals surface area contributed by atoms with Gasteiger partial charge in [0.1, 0.15) is 0 Å². The van der Waals surface area contributed by atoms with E-state index in [1.54, 1.807) is 6.20 Å². The lowest BCUT2D eigenvalue weighted by atomic mass is 10.1. The van der Waals surface area contributed by atoms with Gasteiger partial charge in [-0.25, -0.2) is 4.98 Å². The fraction of sp³-hybridized carbons (Fsp3) is 0.545. The van der Waals surface area contributed by atoms with E-state index in [4.69, 9.17) is 4.74 Å². The molecule has 6 nitrogen and oxygen atoms in total. The normalized spacial score (nSPS) is 20.3. The van der Waals surface area contributed by atoms with Crippen LogP contribution in [0.3, 0.4) is 0 Å². The Morgan fingerprint density at radius 1 is 1.17 bits per heavy atom. The van der Waals surface area contributed by atoms with Crippen LogP contribution in [0.1, 0.15) is 24.0 Å². The Bertz CT molecular complexity index is 819. The van der Waals surface area contributed by atoms with Gasteiger partial charge in [-0.15, -0.1) is 0 Å². The Kier molecular flexibility index (Phi) is 6.57. The lowest BCUT2D eigenvalue weighted by Crippen LogP contribution is -2.50. The molecule has 2 saturated heterocycles. The van der Waals surface area contributed by atoms with E-state index in [0.29, 0.717) is 11.9 Å². The second-order valence-electron chi connectivity index (χ2n) is 8.03. The maximum Gasteiger partial charge on any atom is 0.233 e. The number of hydrogen-bond donors (Lipinski definition) is 0. The molecule has 1 unspecified atom stereocenters. The molecule has 29 heavy (non-hydrogen) atoms. The van der Waals surface area contributed by atoms with Crippen LogP contribution in [-0.2, 0) is 9.53 Å². The first-order valence-electron chi connectivity index (χ1n) is 10.4. The highest BCUT2D eigenvalue weighted by atomic mass is 32.2. The number of amides is 1. The van der Waals surface area contributed by atoms with Crippen LogP contribution in [0.4, 0.5) is 0 Å². The minimum Gasteiger partial charge on any atom is -0.377 e. The molecule has 2 fully saturated rings. The van der Waals surface area contributed by atoms with Crippen LogP contribution >= 0.6 is 11.8 Å². The van der Waals surface area contributed by atoms with Crippen LogP contribution < -0.4 is 0 Å². The topological polar surface area (TPSA) is 50.6 Å². The van der Waals surface area contributed by atoms with Crippen LogP contribution in [0.25, 0.3) is 5.69 Å². The number of thioether (sulfide) groups is 1. The lowest BCUT2D eigenvalue weighted by molar-refractivity contribution is -0.130. The summed E-state index contributed by atoms with van der Waals surface area (Å²) in [5.74, 6) is 0.620. The molecule has 0 spiro atoms. The number of piperazine rings is 1. The molecule has 1 amide bonds. The zero-order valence-electron chi connectivity index (χ0n) is 17.3. The number of aromatic nitrogens is 2. The number of benzene rings is 1. The molecule has 2 aliphatic rings. The molecule has 2 aromatic rings. The van der Waals surface area contributed by atoms with Crippen LogP contribution in [0.5, 0.6) is 0 Å². The molecular formula is C22H30N4O2S. The Hall–Kier alpha value is -1.83. The SMILES string of the molecule is Cc1cc(C)cc(-n2ccnc2SCC(=O)N2CCN(CC3CCCO3)CC2)c1. The van der Waals surface area contributed by atoms with Gasteiger partial charge in [0.05, 0.1) is 11.9 Å². The molecule has 2 aliphatic heterocycles. The number of ether oxygens (including phenoxy) is 1. The van der Waals surface area contributed by atoms with Gasteiger partial charge in [0.2, 0.25) is 5.91 Å². The van der Waals surface area contributed by atoms with Gasteiger partial charge in [-0.3, -0.25) is 14.3 Å². The largest absolute Gasteiger partial charge is 0.377 e. The quantitative estimate of drug-likeness (QED) is 0.681. The van der Waals surface area contributed by atoms with E-state index in [1.807, 2.05) is 11.1 Å². The first-order valence-corrected chi connectivity index (χ1v) is 11.4. The number of carbonyl (C=O) groups excluding carboxylic acids is 1. The Morgan fingerprint density at radius 3 is 2.62 bits per heavy atom. The molecule has 156 valence electrons. The fourth-order valence-electron chi connectivity index (χ4n) is 4.16. The minimum atomic E-state index is 0.196. The molecule has 3 heterocycles. The monoisotopic (exact) mass is 414 g/mol. The average molecular weight is 415 g/mol. The first-order chi connectivity index (χ1) is 14.1. The van der Waals surface area contributed by atoms with Gasteiger partial charge >= 0.3 is 0 Å². The molecule has 7 heteroatoms. The van der Waals surface area contributed by atoms with E-state index in [2.05, 4.69) is 46.5 Å². The van der Waals surface area contributed by atoms with Gasteiger partial charge < -0.3 is 9.64 Å². The Balaban J connectivity index is 1.29. The summed E-state index contributed by atoms with van der Waals surface area (Å²) in [4.78, 5) is 21.6. The van der Waals surface area contributed by atoms with Crippen molar-refractivity contribution in [3.05, 3.63) is 41.7 Å². The summed E-state index contributed by atoms with van der Waals surface area (Å²) in [5.41, 5.74) is 3.54. The van der Waals surface area contributed by atoms with Crippen molar-refractivity contribution in [2.24, 2.45) is 0 Å². The molecule has 0 saturated carbocycles. The number of carbonyl (C=O) groups is 1. The molecule has 4 rings (SSSR count). The average Bonchev–Trinajstić information content (AvgIpc) is 3.38. The van der Waals surface area contributed by atoms with Gasteiger partial charge in [0.25, 0.3) is 0 Å². The van der Waals surface area contributed by atoms with Gasteiger partial charge in [-0.1, -0.05) is 17.8 Å². The van der Waals surface area contributed by atoms with Crippen LogP contribution in [0.2, 0.25) is 0 Å². The van der Waals surface area contributed by atoms with Crippen molar-refractivity contribution in [3.63, 3.8) is 0 Å². The summed E-state index contributed by atoms with van der Waals surface area (Å²) in [6, 6.07) is 6.46. The van der Waals surface area contributed by atoms with Crippen molar-refractivity contribution in [1.82, 2.24) is 19.4 Å². The Labute approximate surface area is 177 Å². The van der Waals surface area contributed by atoms with Crippen LogP contribution in [-0.4, -0.2) is 76.4 Å². The fourth-order valence-corrected chi connectivity index (χ4v) is 5.03. The molecule has 0 N–H and O–H groups in total. The molecule has 0 aliphatic carbocycles. The highest BCUT2D eigenvalue weighted by molar-refractivity contribution is 7.99. The van der Waals surface area contributed by atoms with Crippen molar-refractivity contribution < 1.29 is 9.53 Å². The molecule has 1 aromatic carbocycles. The summed E-state index contributed by atoms with van der Waals surface area (Å²) >= 11 is 1.52. The second kappa shape index (κ2) is 9.32. The van der Waals surface area contributed by atoms with E-state index in [0.717, 1.165) is 50.2 Å². The van der Waals surface area contributed by atoms with E-state index in [1.165, 1.54) is 35.7 Å². The van der Waals surface area contributed by atoms with Crippen LogP contribution in [0, 0.1) is 13.8 Å². The smallest absolute Gasteiger partial charge is 0.233 e. The van der Waals surface area contributed by atoms with Gasteiger partial charge in [-0.2, -0.15) is 0 Å². The van der Waals surface area contributed by atoms with Gasteiger partial charge in [0, 0.05) is 57.4 Å². The molecule has 1 aromatic heterocycles. The van der Waals surface area contributed by atoms with E-state index < -0.39 is 0 Å². The summed E-state index contributed by atoms with van der Waals surface area (Å²) < 4.78 is 7.80. The van der Waals surface area contributed by atoms with Gasteiger partial charge in [0.15, 0.2) is 5.16 Å². The lowest BCUT2D eigenvalue weighted by Gasteiger charge is -2.35. The zero-order chi connectivity index (χ0) is 20.2. The molecule has 0 radical (unpaired) electrons. The third-order valence-corrected chi connectivity index (χ3v) is 6.58. The van der Waals surface area contributed by atoms with Crippen molar-refractivity contribution in [1.29, 1.82) is 0 Å². The first kappa shape index (κ1) is 20.4. The summed E-state index contributed by atoms with van der Waals surface area (Å²) in [6.07, 6.45) is 6.50. The Morgan fingerprint density at radius 2 is 1.93 bits per heavy atom. The number of hydrogen-bond acceptors (Lipinski definition) is 5. The van der Waals surface area contributed by atoms with Gasteiger partial charge in [-0.05, 0) is 49.9 Å². The highest BCUT2D eigenvalue weighted by Gasteiger charge is 2.25. The van der Waals surface area contributed by atoms with Crippen LogP contribution in [0.15, 0.2) is 35.7 Å². The van der Waals surface area contributed by atoms with E-state index in [9.17, 15) is 4.79 Å².